The second kappa shape index (κ2) is 8.10. The van der Waals surface area contributed by atoms with E-state index in [1.807, 2.05) is 30.3 Å². The van der Waals surface area contributed by atoms with Gasteiger partial charge in [-0.25, -0.2) is 0 Å². The molecule has 2 saturated heterocycles. The van der Waals surface area contributed by atoms with Crippen LogP contribution in [-0.4, -0.2) is 73.3 Å². The van der Waals surface area contributed by atoms with Crippen molar-refractivity contribution in [1.29, 1.82) is 0 Å². The molecule has 2 fully saturated rings. The summed E-state index contributed by atoms with van der Waals surface area (Å²) < 4.78 is 34.9. The molecule has 7 atom stereocenters. The van der Waals surface area contributed by atoms with Gasteiger partial charge >= 0.3 is 0 Å². The van der Waals surface area contributed by atoms with Gasteiger partial charge < -0.3 is 38.6 Å². The fourth-order valence-corrected chi connectivity index (χ4v) is 3.39. The molecule has 152 valence electrons. The van der Waals surface area contributed by atoms with Crippen LogP contribution in [0.5, 0.6) is 0 Å². The number of methoxy groups -OCH3 is 2. The SMILES string of the molecule is CO[C@@]1(C)O[C@@H]2[C@@H](OCc3ccccc3)O[C@H](CO)[C@@H](O)[C@@H]2O[C@@]1(C)OC. The van der Waals surface area contributed by atoms with Crippen molar-refractivity contribution in [2.24, 2.45) is 0 Å². The van der Waals surface area contributed by atoms with Gasteiger partial charge in [0.2, 0.25) is 11.6 Å². The molecular weight excluding hydrogens is 356 g/mol. The van der Waals surface area contributed by atoms with Crippen molar-refractivity contribution >= 4 is 0 Å². The van der Waals surface area contributed by atoms with Crippen LogP contribution in [0.4, 0.5) is 0 Å². The fourth-order valence-electron chi connectivity index (χ4n) is 3.39. The van der Waals surface area contributed by atoms with Crippen LogP contribution < -0.4 is 0 Å². The van der Waals surface area contributed by atoms with Crippen LogP contribution in [0.3, 0.4) is 0 Å². The fraction of sp³-hybridized carbons (Fsp3) is 0.684. The Hall–Kier alpha value is -1.10. The minimum absolute atomic E-state index is 0.275. The normalized spacial score (nSPS) is 41.9. The Labute approximate surface area is 158 Å². The predicted molar refractivity (Wildman–Crippen MR) is 93.6 cm³/mol. The van der Waals surface area contributed by atoms with Gasteiger partial charge in [0.25, 0.3) is 0 Å². The lowest BCUT2D eigenvalue weighted by Gasteiger charge is -2.56. The third kappa shape index (κ3) is 3.76. The Morgan fingerprint density at radius 1 is 1.00 bits per heavy atom. The lowest BCUT2D eigenvalue weighted by Crippen LogP contribution is -2.73. The van der Waals surface area contributed by atoms with Gasteiger partial charge in [-0.3, -0.25) is 0 Å². The Morgan fingerprint density at radius 3 is 2.15 bits per heavy atom. The van der Waals surface area contributed by atoms with Gasteiger partial charge in [0, 0.05) is 14.2 Å². The van der Waals surface area contributed by atoms with Crippen LogP contribution in [0.15, 0.2) is 30.3 Å². The zero-order valence-electron chi connectivity index (χ0n) is 16.0. The summed E-state index contributed by atoms with van der Waals surface area (Å²) in [5.74, 6) is -2.53. The van der Waals surface area contributed by atoms with Crippen LogP contribution in [0.2, 0.25) is 0 Å². The highest BCUT2D eigenvalue weighted by Gasteiger charge is 2.62. The summed E-state index contributed by atoms with van der Waals surface area (Å²) in [6.07, 6.45) is -4.47. The molecule has 27 heavy (non-hydrogen) atoms. The van der Waals surface area contributed by atoms with Crippen molar-refractivity contribution in [3.8, 4) is 0 Å². The molecule has 0 radical (unpaired) electrons. The molecule has 1 aromatic rings. The third-order valence-corrected chi connectivity index (χ3v) is 5.38. The lowest BCUT2D eigenvalue weighted by atomic mass is 9.94. The van der Waals surface area contributed by atoms with E-state index in [1.54, 1.807) is 13.8 Å². The van der Waals surface area contributed by atoms with Gasteiger partial charge in [-0.15, -0.1) is 0 Å². The van der Waals surface area contributed by atoms with Crippen molar-refractivity contribution in [2.45, 2.75) is 62.7 Å². The molecule has 0 amide bonds. The zero-order chi connectivity index (χ0) is 19.7. The second-order valence-corrected chi connectivity index (χ2v) is 6.98. The van der Waals surface area contributed by atoms with Gasteiger partial charge in [-0.05, 0) is 19.4 Å². The molecule has 0 aliphatic carbocycles. The molecule has 1 aromatic carbocycles. The molecule has 0 aromatic heterocycles. The predicted octanol–water partition coefficient (Wildman–Crippen LogP) is 0.790. The molecule has 8 nitrogen and oxygen atoms in total. The average molecular weight is 384 g/mol. The number of hydrogen-bond acceptors (Lipinski definition) is 8. The van der Waals surface area contributed by atoms with Gasteiger partial charge in [-0.1, -0.05) is 30.3 Å². The van der Waals surface area contributed by atoms with E-state index < -0.39 is 42.3 Å². The number of aliphatic hydroxyl groups is 2. The molecule has 0 unspecified atom stereocenters. The summed E-state index contributed by atoms with van der Waals surface area (Å²) in [5, 5.41) is 20.2. The molecule has 2 heterocycles. The van der Waals surface area contributed by atoms with E-state index in [9.17, 15) is 10.2 Å². The number of benzene rings is 1. The Kier molecular flexibility index (Phi) is 6.19. The van der Waals surface area contributed by atoms with Crippen LogP contribution >= 0.6 is 0 Å². The number of rotatable bonds is 6. The summed E-state index contributed by atoms with van der Waals surface area (Å²) in [6.45, 7) is 3.25. The average Bonchev–Trinajstić information content (AvgIpc) is 2.70. The van der Waals surface area contributed by atoms with E-state index in [2.05, 4.69) is 0 Å². The molecule has 3 rings (SSSR count). The van der Waals surface area contributed by atoms with Crippen molar-refractivity contribution in [3.05, 3.63) is 35.9 Å². The second-order valence-electron chi connectivity index (χ2n) is 6.98. The van der Waals surface area contributed by atoms with Crippen molar-refractivity contribution < 1.29 is 38.6 Å². The maximum absolute atomic E-state index is 10.6. The van der Waals surface area contributed by atoms with Gasteiger partial charge in [0.1, 0.15) is 24.4 Å². The van der Waals surface area contributed by atoms with E-state index in [0.717, 1.165) is 5.56 Å². The molecule has 2 aliphatic heterocycles. The first kappa shape index (κ1) is 20.6. The van der Waals surface area contributed by atoms with Gasteiger partial charge in [0.05, 0.1) is 13.2 Å². The highest BCUT2D eigenvalue weighted by Crippen LogP contribution is 2.43. The highest BCUT2D eigenvalue weighted by atomic mass is 16.8. The molecule has 2 aliphatic rings. The smallest absolute Gasteiger partial charge is 0.220 e. The summed E-state index contributed by atoms with van der Waals surface area (Å²) in [4.78, 5) is 0. The monoisotopic (exact) mass is 384 g/mol. The highest BCUT2D eigenvalue weighted by molar-refractivity contribution is 5.13. The summed E-state index contributed by atoms with van der Waals surface area (Å²) in [7, 11) is 2.96. The minimum Gasteiger partial charge on any atom is -0.394 e. The van der Waals surface area contributed by atoms with E-state index in [0.29, 0.717) is 0 Å². The topological polar surface area (TPSA) is 95.8 Å². The van der Waals surface area contributed by atoms with Crippen LogP contribution in [0.25, 0.3) is 0 Å². The Balaban J connectivity index is 1.83. The number of aliphatic hydroxyl groups excluding tert-OH is 2. The minimum atomic E-state index is -1.27. The first-order chi connectivity index (χ1) is 12.9. The zero-order valence-corrected chi connectivity index (χ0v) is 16.0. The maximum Gasteiger partial charge on any atom is 0.220 e. The van der Waals surface area contributed by atoms with Gasteiger partial charge in [-0.2, -0.15) is 0 Å². The number of fused-ring (bicyclic) bond motifs is 1. The molecule has 8 heteroatoms. The van der Waals surface area contributed by atoms with Gasteiger partial charge in [0.15, 0.2) is 6.29 Å². The van der Waals surface area contributed by atoms with Crippen LogP contribution in [0, 0.1) is 0 Å². The van der Waals surface area contributed by atoms with Crippen molar-refractivity contribution in [3.63, 3.8) is 0 Å². The van der Waals surface area contributed by atoms with E-state index in [1.165, 1.54) is 14.2 Å². The third-order valence-electron chi connectivity index (χ3n) is 5.38. The molecular formula is C19H28O8. The van der Waals surface area contributed by atoms with E-state index >= 15 is 0 Å². The Morgan fingerprint density at radius 2 is 1.59 bits per heavy atom. The summed E-state index contributed by atoms with van der Waals surface area (Å²) in [5.41, 5.74) is 0.956. The standard InChI is InChI=1S/C19H28O8/c1-18(22-3)19(2,23-4)27-16-15(26-18)14(21)13(10-20)25-17(16)24-11-12-8-6-5-7-9-12/h5-9,13-17,20-21H,10-11H2,1-4H3/t13-,14-,15+,16+,17+,18-,19+/m1/s1. The van der Waals surface area contributed by atoms with Crippen molar-refractivity contribution in [2.75, 3.05) is 20.8 Å². The van der Waals surface area contributed by atoms with E-state index in [4.69, 9.17) is 28.4 Å². The maximum atomic E-state index is 10.6. The summed E-state index contributed by atoms with van der Waals surface area (Å²) >= 11 is 0. The largest absolute Gasteiger partial charge is 0.394 e. The quantitative estimate of drug-likeness (QED) is 0.743. The van der Waals surface area contributed by atoms with Crippen molar-refractivity contribution in [1.82, 2.24) is 0 Å². The van der Waals surface area contributed by atoms with Crippen LogP contribution in [-0.2, 0) is 35.0 Å². The molecule has 2 N–H and O–H groups in total. The molecule has 0 spiro atoms. The number of hydrogen-bond donors (Lipinski definition) is 2. The first-order valence-corrected chi connectivity index (χ1v) is 8.93. The lowest BCUT2D eigenvalue weighted by molar-refractivity contribution is -0.484. The Bertz CT molecular complexity index is 613. The van der Waals surface area contributed by atoms with E-state index in [-0.39, 0.29) is 13.2 Å². The molecule has 0 bridgehead atoms. The summed E-state index contributed by atoms with van der Waals surface area (Å²) in [6, 6.07) is 9.60. The van der Waals surface area contributed by atoms with Crippen LogP contribution in [0.1, 0.15) is 19.4 Å². The first-order valence-electron chi connectivity index (χ1n) is 8.93. The molecule has 0 saturated carbocycles. The number of ether oxygens (including phenoxy) is 6.